The molecule has 1 heterocycles. The van der Waals surface area contributed by atoms with Crippen LogP contribution in [-0.2, 0) is 19.9 Å². The molecular formula is C13H20N2O4S2. The number of nitrogens with one attached hydrogen (secondary N) is 1. The van der Waals surface area contributed by atoms with E-state index in [4.69, 9.17) is 0 Å². The van der Waals surface area contributed by atoms with Crippen LogP contribution in [0.1, 0.15) is 12.8 Å². The van der Waals surface area contributed by atoms with Crippen molar-refractivity contribution in [2.45, 2.75) is 27.9 Å². The standard InChI is InChI=1S/C13H20N2O4S2/c1-15(2)21(18,19)13-5-3-11(4-6-13)20(16,17)12-7-9-14-10-8-12/h3-6,12,14H,7-10H2,1-2H3. The Balaban J connectivity index is 2.30. The van der Waals surface area contributed by atoms with Crippen LogP contribution in [-0.4, -0.2) is 53.6 Å². The number of hydrogen-bond donors (Lipinski definition) is 1. The third kappa shape index (κ3) is 3.28. The van der Waals surface area contributed by atoms with Crippen LogP contribution < -0.4 is 5.32 Å². The van der Waals surface area contributed by atoms with E-state index < -0.39 is 25.1 Å². The fourth-order valence-corrected chi connectivity index (χ4v) is 4.97. The van der Waals surface area contributed by atoms with E-state index in [9.17, 15) is 16.8 Å². The normalized spacial score (nSPS) is 18.0. The number of nitrogens with zero attached hydrogens (tertiary/aromatic N) is 1. The molecule has 8 heteroatoms. The highest BCUT2D eigenvalue weighted by atomic mass is 32.2. The highest BCUT2D eigenvalue weighted by Crippen LogP contribution is 2.24. The zero-order valence-corrected chi connectivity index (χ0v) is 13.7. The van der Waals surface area contributed by atoms with Crippen molar-refractivity contribution in [1.82, 2.24) is 9.62 Å². The van der Waals surface area contributed by atoms with Crippen LogP contribution in [0.4, 0.5) is 0 Å². The second-order valence-corrected chi connectivity index (χ2v) is 9.63. The highest BCUT2D eigenvalue weighted by Gasteiger charge is 2.29. The molecular weight excluding hydrogens is 312 g/mol. The minimum atomic E-state index is -3.54. The number of sulfonamides is 1. The molecule has 0 aromatic heterocycles. The van der Waals surface area contributed by atoms with Crippen LogP contribution in [0.15, 0.2) is 34.1 Å². The molecule has 1 aliphatic heterocycles. The second kappa shape index (κ2) is 6.04. The van der Waals surface area contributed by atoms with E-state index in [0.29, 0.717) is 25.9 Å². The molecule has 1 saturated heterocycles. The largest absolute Gasteiger partial charge is 0.317 e. The lowest BCUT2D eigenvalue weighted by atomic mass is 10.2. The smallest absolute Gasteiger partial charge is 0.242 e. The molecule has 0 unspecified atom stereocenters. The first kappa shape index (κ1) is 16.4. The van der Waals surface area contributed by atoms with Crippen molar-refractivity contribution in [3.05, 3.63) is 24.3 Å². The van der Waals surface area contributed by atoms with Gasteiger partial charge in [0.05, 0.1) is 15.0 Å². The van der Waals surface area contributed by atoms with Gasteiger partial charge in [-0.05, 0) is 50.2 Å². The van der Waals surface area contributed by atoms with Crippen LogP contribution in [0.25, 0.3) is 0 Å². The molecule has 0 bridgehead atoms. The molecule has 6 nitrogen and oxygen atoms in total. The predicted molar refractivity (Wildman–Crippen MR) is 80.4 cm³/mol. The van der Waals surface area contributed by atoms with Gasteiger partial charge < -0.3 is 5.32 Å². The fraction of sp³-hybridized carbons (Fsp3) is 0.538. The van der Waals surface area contributed by atoms with Crippen LogP contribution in [0, 0.1) is 0 Å². The number of benzene rings is 1. The summed E-state index contributed by atoms with van der Waals surface area (Å²) in [5.74, 6) is 0. The average molecular weight is 332 g/mol. The van der Waals surface area contributed by atoms with Gasteiger partial charge in [-0.1, -0.05) is 0 Å². The summed E-state index contributed by atoms with van der Waals surface area (Å²) < 4.78 is 50.0. The summed E-state index contributed by atoms with van der Waals surface area (Å²) in [5.41, 5.74) is 0. The van der Waals surface area contributed by atoms with Gasteiger partial charge in [-0.15, -0.1) is 0 Å². The Morgan fingerprint density at radius 2 is 1.43 bits per heavy atom. The van der Waals surface area contributed by atoms with E-state index in [1.807, 2.05) is 0 Å². The molecule has 1 aliphatic rings. The summed E-state index contributed by atoms with van der Waals surface area (Å²) in [6, 6.07) is 5.47. The maximum Gasteiger partial charge on any atom is 0.242 e. The monoisotopic (exact) mass is 332 g/mol. The summed E-state index contributed by atoms with van der Waals surface area (Å²) in [6.45, 7) is 1.38. The second-order valence-electron chi connectivity index (χ2n) is 5.25. The number of hydrogen-bond acceptors (Lipinski definition) is 5. The van der Waals surface area contributed by atoms with Gasteiger partial charge in [-0.2, -0.15) is 0 Å². The summed E-state index contributed by atoms with van der Waals surface area (Å²) in [4.78, 5) is 0.281. The van der Waals surface area contributed by atoms with Crippen molar-refractivity contribution >= 4 is 19.9 Å². The van der Waals surface area contributed by atoms with Crippen molar-refractivity contribution in [1.29, 1.82) is 0 Å². The van der Waals surface area contributed by atoms with E-state index in [1.165, 1.54) is 38.4 Å². The zero-order chi connectivity index (χ0) is 15.7. The Kier molecular flexibility index (Phi) is 4.72. The molecule has 0 amide bonds. The van der Waals surface area contributed by atoms with E-state index in [2.05, 4.69) is 5.32 Å². The highest BCUT2D eigenvalue weighted by molar-refractivity contribution is 7.92. The minimum Gasteiger partial charge on any atom is -0.317 e. The Bertz CT molecular complexity index is 688. The van der Waals surface area contributed by atoms with Gasteiger partial charge in [0.25, 0.3) is 0 Å². The first-order chi connectivity index (χ1) is 9.76. The van der Waals surface area contributed by atoms with Gasteiger partial charge in [-0.25, -0.2) is 21.1 Å². The quantitative estimate of drug-likeness (QED) is 0.866. The average Bonchev–Trinajstić information content (AvgIpc) is 2.48. The van der Waals surface area contributed by atoms with Gasteiger partial charge in [0.15, 0.2) is 9.84 Å². The molecule has 0 saturated carbocycles. The summed E-state index contributed by atoms with van der Waals surface area (Å²) in [6.07, 6.45) is 1.17. The van der Waals surface area contributed by atoms with Crippen LogP contribution >= 0.6 is 0 Å². The van der Waals surface area contributed by atoms with E-state index in [-0.39, 0.29) is 9.79 Å². The molecule has 118 valence electrons. The van der Waals surface area contributed by atoms with Gasteiger partial charge in [0, 0.05) is 14.1 Å². The molecule has 21 heavy (non-hydrogen) atoms. The van der Waals surface area contributed by atoms with Gasteiger partial charge in [0.2, 0.25) is 10.0 Å². The van der Waals surface area contributed by atoms with Crippen LogP contribution in [0.2, 0.25) is 0 Å². The summed E-state index contributed by atoms with van der Waals surface area (Å²) in [5, 5.41) is 2.74. The Labute approximate surface area is 126 Å². The van der Waals surface area contributed by atoms with E-state index >= 15 is 0 Å². The number of sulfone groups is 1. The topological polar surface area (TPSA) is 83.6 Å². The van der Waals surface area contributed by atoms with Crippen molar-refractivity contribution in [2.75, 3.05) is 27.2 Å². The van der Waals surface area contributed by atoms with Crippen molar-refractivity contribution < 1.29 is 16.8 Å². The first-order valence-electron chi connectivity index (χ1n) is 6.73. The maximum atomic E-state index is 12.5. The third-order valence-electron chi connectivity index (χ3n) is 3.66. The summed E-state index contributed by atoms with van der Waals surface area (Å²) >= 11 is 0. The molecule has 0 aliphatic carbocycles. The molecule has 1 fully saturated rings. The molecule has 0 radical (unpaired) electrons. The molecule has 1 aromatic rings. The van der Waals surface area contributed by atoms with Crippen LogP contribution in [0.3, 0.4) is 0 Å². The first-order valence-corrected chi connectivity index (χ1v) is 9.72. The SMILES string of the molecule is CN(C)S(=O)(=O)c1ccc(S(=O)(=O)C2CCNCC2)cc1. The molecule has 0 spiro atoms. The summed E-state index contributed by atoms with van der Waals surface area (Å²) in [7, 11) is -4.05. The van der Waals surface area contributed by atoms with Crippen molar-refractivity contribution in [3.8, 4) is 0 Å². The van der Waals surface area contributed by atoms with Crippen LogP contribution in [0.5, 0.6) is 0 Å². The van der Waals surface area contributed by atoms with Gasteiger partial charge in [-0.3, -0.25) is 0 Å². The Morgan fingerprint density at radius 3 is 1.90 bits per heavy atom. The molecule has 0 atom stereocenters. The lowest BCUT2D eigenvalue weighted by Gasteiger charge is -2.22. The van der Waals surface area contributed by atoms with Gasteiger partial charge in [0.1, 0.15) is 0 Å². The molecule has 1 N–H and O–H groups in total. The van der Waals surface area contributed by atoms with E-state index in [1.54, 1.807) is 0 Å². The Morgan fingerprint density at radius 1 is 0.952 bits per heavy atom. The minimum absolute atomic E-state index is 0.0942. The molecule has 2 rings (SSSR count). The predicted octanol–water partition coefficient (Wildman–Crippen LogP) is 0.463. The lowest BCUT2D eigenvalue weighted by Crippen LogP contribution is -2.35. The van der Waals surface area contributed by atoms with Crippen molar-refractivity contribution in [3.63, 3.8) is 0 Å². The van der Waals surface area contributed by atoms with Gasteiger partial charge >= 0.3 is 0 Å². The van der Waals surface area contributed by atoms with E-state index in [0.717, 1.165) is 4.31 Å². The van der Waals surface area contributed by atoms with Crippen molar-refractivity contribution in [2.24, 2.45) is 0 Å². The maximum absolute atomic E-state index is 12.5. The third-order valence-corrected chi connectivity index (χ3v) is 7.76. The number of rotatable bonds is 4. The zero-order valence-electron chi connectivity index (χ0n) is 12.1. The Hall–Kier alpha value is -0.960. The number of piperidine rings is 1. The molecule has 1 aromatic carbocycles. The lowest BCUT2D eigenvalue weighted by molar-refractivity contribution is 0.496. The fourth-order valence-electron chi connectivity index (χ4n) is 2.31.